The van der Waals surface area contributed by atoms with Crippen molar-refractivity contribution < 1.29 is 4.74 Å². The summed E-state index contributed by atoms with van der Waals surface area (Å²) in [6.45, 7) is 8.60. The van der Waals surface area contributed by atoms with Gasteiger partial charge in [0.15, 0.2) is 0 Å². The van der Waals surface area contributed by atoms with Crippen molar-refractivity contribution in [3.63, 3.8) is 0 Å². The van der Waals surface area contributed by atoms with Gasteiger partial charge >= 0.3 is 0 Å². The largest absolute Gasteiger partial charge is 0.493 e. The molecule has 1 aliphatic rings. The van der Waals surface area contributed by atoms with Crippen molar-refractivity contribution in [3.8, 4) is 5.75 Å². The molecule has 0 amide bonds. The van der Waals surface area contributed by atoms with Crippen LogP contribution in [0.2, 0.25) is 0 Å². The van der Waals surface area contributed by atoms with Crippen LogP contribution in [0, 0.1) is 0 Å². The zero-order chi connectivity index (χ0) is 14.4. The molecule has 0 aliphatic carbocycles. The number of nitrogens with one attached hydrogen (secondary N) is 1. The van der Waals surface area contributed by atoms with Gasteiger partial charge in [-0.3, -0.25) is 0 Å². The molecule has 0 aromatic heterocycles. The zero-order valence-corrected chi connectivity index (χ0v) is 12.4. The number of allylic oxidation sites excluding steroid dienone is 4. The minimum Gasteiger partial charge on any atom is -0.493 e. The number of fused-ring (bicyclic) bond motifs is 1. The van der Waals surface area contributed by atoms with Gasteiger partial charge in [-0.2, -0.15) is 0 Å². The van der Waals surface area contributed by atoms with Crippen LogP contribution in [0.5, 0.6) is 5.75 Å². The third-order valence-electron chi connectivity index (χ3n) is 3.33. The molecule has 0 radical (unpaired) electrons. The Morgan fingerprint density at radius 2 is 2.20 bits per heavy atom. The Morgan fingerprint density at radius 3 is 2.90 bits per heavy atom. The summed E-state index contributed by atoms with van der Waals surface area (Å²) in [5.74, 6) is 0.926. The lowest BCUT2D eigenvalue weighted by molar-refractivity contribution is 0.339. The fourth-order valence-corrected chi connectivity index (χ4v) is 2.40. The maximum Gasteiger partial charge on any atom is 0.128 e. The first-order valence-electron chi connectivity index (χ1n) is 7.33. The summed E-state index contributed by atoms with van der Waals surface area (Å²) in [7, 11) is 0. The van der Waals surface area contributed by atoms with Crippen LogP contribution >= 0.6 is 0 Å². The summed E-state index contributed by atoms with van der Waals surface area (Å²) >= 11 is 0. The standard InChI is InChI=1S/C18H23NO/c1-4-7-9-15-12-14-10-11-16(8-5-2)19-17(14)13-18(15)20-6-3/h4,7,9,11-13,19H,1,5-6,8,10H2,2-3H3/b9-7-. The van der Waals surface area contributed by atoms with Gasteiger partial charge in [0.25, 0.3) is 0 Å². The number of benzene rings is 1. The summed E-state index contributed by atoms with van der Waals surface area (Å²) in [5, 5.41) is 3.52. The molecular weight excluding hydrogens is 246 g/mol. The Labute approximate surface area is 121 Å². The molecule has 2 nitrogen and oxygen atoms in total. The van der Waals surface area contributed by atoms with Crippen molar-refractivity contribution in [2.45, 2.75) is 33.1 Å². The molecule has 1 heterocycles. The van der Waals surface area contributed by atoms with E-state index in [9.17, 15) is 0 Å². The van der Waals surface area contributed by atoms with Gasteiger partial charge in [-0.15, -0.1) is 0 Å². The Balaban J connectivity index is 2.33. The highest BCUT2D eigenvalue weighted by Gasteiger charge is 2.13. The fraction of sp³-hybridized carbons (Fsp3) is 0.333. The Kier molecular flexibility index (Phi) is 5.05. The van der Waals surface area contributed by atoms with Crippen LogP contribution in [0.25, 0.3) is 6.08 Å². The van der Waals surface area contributed by atoms with Gasteiger partial charge in [0.2, 0.25) is 0 Å². The second kappa shape index (κ2) is 6.99. The van der Waals surface area contributed by atoms with E-state index < -0.39 is 0 Å². The van der Waals surface area contributed by atoms with Crippen molar-refractivity contribution >= 4 is 11.8 Å². The Morgan fingerprint density at radius 1 is 1.35 bits per heavy atom. The average Bonchev–Trinajstić information content (AvgIpc) is 2.46. The summed E-state index contributed by atoms with van der Waals surface area (Å²) in [4.78, 5) is 0. The predicted octanol–water partition coefficient (Wildman–Crippen LogP) is 4.94. The van der Waals surface area contributed by atoms with Gasteiger partial charge in [0.1, 0.15) is 5.75 Å². The molecule has 0 saturated heterocycles. The number of hydrogen-bond acceptors (Lipinski definition) is 2. The van der Waals surface area contributed by atoms with Crippen LogP contribution in [-0.2, 0) is 6.42 Å². The molecule has 20 heavy (non-hydrogen) atoms. The van der Waals surface area contributed by atoms with Gasteiger partial charge in [-0.25, -0.2) is 0 Å². The minimum atomic E-state index is 0.672. The molecule has 0 fully saturated rings. The Bertz CT molecular complexity index is 541. The second-order valence-corrected chi connectivity index (χ2v) is 4.88. The number of ether oxygens (including phenoxy) is 1. The third-order valence-corrected chi connectivity index (χ3v) is 3.33. The molecule has 2 rings (SSSR count). The Hall–Kier alpha value is -1.96. The van der Waals surface area contributed by atoms with Gasteiger partial charge in [-0.1, -0.05) is 44.2 Å². The molecule has 1 N–H and O–H groups in total. The average molecular weight is 269 g/mol. The van der Waals surface area contributed by atoms with E-state index in [1.807, 2.05) is 19.1 Å². The smallest absolute Gasteiger partial charge is 0.128 e. The molecule has 1 aromatic carbocycles. The van der Waals surface area contributed by atoms with E-state index in [1.54, 1.807) is 6.08 Å². The first kappa shape index (κ1) is 14.4. The number of hydrogen-bond donors (Lipinski definition) is 1. The van der Waals surface area contributed by atoms with E-state index in [0.29, 0.717) is 6.61 Å². The van der Waals surface area contributed by atoms with Crippen molar-refractivity contribution in [2.24, 2.45) is 0 Å². The van der Waals surface area contributed by atoms with Crippen LogP contribution in [0.15, 0.2) is 42.6 Å². The summed E-state index contributed by atoms with van der Waals surface area (Å²) < 4.78 is 5.75. The monoisotopic (exact) mass is 269 g/mol. The SMILES string of the molecule is C=C/C=C\c1cc2c(cc1OCC)NC(CCC)=CC2. The van der Waals surface area contributed by atoms with Gasteiger partial charge in [0.05, 0.1) is 6.61 Å². The second-order valence-electron chi connectivity index (χ2n) is 4.88. The lowest BCUT2D eigenvalue weighted by Crippen LogP contribution is -2.09. The van der Waals surface area contributed by atoms with E-state index in [2.05, 4.69) is 37.0 Å². The molecule has 0 saturated carbocycles. The van der Waals surface area contributed by atoms with Crippen LogP contribution in [0.4, 0.5) is 5.69 Å². The topological polar surface area (TPSA) is 21.3 Å². The van der Waals surface area contributed by atoms with Crippen LogP contribution in [-0.4, -0.2) is 6.61 Å². The van der Waals surface area contributed by atoms with Crippen LogP contribution in [0.1, 0.15) is 37.8 Å². The van der Waals surface area contributed by atoms with E-state index in [4.69, 9.17) is 4.74 Å². The summed E-state index contributed by atoms with van der Waals surface area (Å²) in [5.41, 5.74) is 4.92. The van der Waals surface area contributed by atoms with Crippen LogP contribution in [0.3, 0.4) is 0 Å². The molecule has 2 heteroatoms. The highest BCUT2D eigenvalue weighted by molar-refractivity contribution is 5.69. The molecule has 106 valence electrons. The maximum atomic E-state index is 5.75. The van der Waals surface area contributed by atoms with Crippen LogP contribution < -0.4 is 10.1 Å². The highest BCUT2D eigenvalue weighted by Crippen LogP contribution is 2.33. The molecular formula is C18H23NO. The number of anilines is 1. The van der Waals surface area contributed by atoms with Gasteiger partial charge in [-0.05, 0) is 31.4 Å². The van der Waals surface area contributed by atoms with Crippen molar-refractivity contribution in [3.05, 3.63) is 53.8 Å². The minimum absolute atomic E-state index is 0.672. The molecule has 1 aromatic rings. The third kappa shape index (κ3) is 3.32. The van der Waals surface area contributed by atoms with Gasteiger partial charge in [0, 0.05) is 23.0 Å². The van der Waals surface area contributed by atoms with Crippen molar-refractivity contribution in [1.29, 1.82) is 0 Å². The normalized spacial score (nSPS) is 13.6. The lowest BCUT2D eigenvalue weighted by atomic mass is 9.99. The quantitative estimate of drug-likeness (QED) is 0.739. The molecule has 0 atom stereocenters. The lowest BCUT2D eigenvalue weighted by Gasteiger charge is -2.21. The van der Waals surface area contributed by atoms with E-state index in [1.165, 1.54) is 16.9 Å². The molecule has 0 spiro atoms. The van der Waals surface area contributed by atoms with E-state index >= 15 is 0 Å². The zero-order valence-electron chi connectivity index (χ0n) is 12.4. The number of rotatable bonds is 6. The van der Waals surface area contributed by atoms with Crippen molar-refractivity contribution in [1.82, 2.24) is 0 Å². The first-order chi connectivity index (χ1) is 9.78. The fourth-order valence-electron chi connectivity index (χ4n) is 2.40. The molecule has 1 aliphatic heterocycles. The first-order valence-corrected chi connectivity index (χ1v) is 7.33. The van der Waals surface area contributed by atoms with E-state index in [-0.39, 0.29) is 0 Å². The van der Waals surface area contributed by atoms with Crippen molar-refractivity contribution in [2.75, 3.05) is 11.9 Å². The molecule has 0 unspecified atom stereocenters. The predicted molar refractivity (Wildman–Crippen MR) is 87.2 cm³/mol. The summed E-state index contributed by atoms with van der Waals surface area (Å²) in [6.07, 6.45) is 11.3. The molecule has 0 bridgehead atoms. The summed E-state index contributed by atoms with van der Waals surface area (Å²) in [6, 6.07) is 4.32. The van der Waals surface area contributed by atoms with Gasteiger partial charge < -0.3 is 10.1 Å². The van der Waals surface area contributed by atoms with E-state index in [0.717, 1.165) is 30.6 Å². The highest BCUT2D eigenvalue weighted by atomic mass is 16.5. The maximum absolute atomic E-state index is 5.75.